The van der Waals surface area contributed by atoms with E-state index in [-0.39, 0.29) is 23.4 Å². The number of primary amides is 1. The van der Waals surface area contributed by atoms with Crippen LogP contribution >= 0.6 is 0 Å². The normalized spacial score (nSPS) is 11.0. The van der Waals surface area contributed by atoms with Gasteiger partial charge in [-0.15, -0.1) is 0 Å². The number of rotatable bonds is 6. The van der Waals surface area contributed by atoms with Gasteiger partial charge in [0.15, 0.2) is 0 Å². The lowest BCUT2D eigenvalue weighted by Crippen LogP contribution is -2.36. The van der Waals surface area contributed by atoms with Crippen LogP contribution in [-0.4, -0.2) is 27.4 Å². The summed E-state index contributed by atoms with van der Waals surface area (Å²) in [5, 5.41) is 23.0. The van der Waals surface area contributed by atoms with Gasteiger partial charge >= 0.3 is 5.97 Å². The highest BCUT2D eigenvalue weighted by Crippen LogP contribution is 2.30. The van der Waals surface area contributed by atoms with Gasteiger partial charge in [-0.1, -0.05) is 0 Å². The number of nitro benzene ring substituents is 1. The van der Waals surface area contributed by atoms with Crippen molar-refractivity contribution in [2.45, 2.75) is 32.7 Å². The number of nitrogens with zero attached hydrogens (tertiary/aromatic N) is 1. The minimum Gasteiger partial charge on any atom is -0.478 e. The first-order valence-electron chi connectivity index (χ1n) is 6.12. The van der Waals surface area contributed by atoms with Crippen LogP contribution in [0.25, 0.3) is 0 Å². The van der Waals surface area contributed by atoms with Crippen molar-refractivity contribution in [1.29, 1.82) is 0 Å². The Morgan fingerprint density at radius 2 is 2.00 bits per heavy atom. The zero-order valence-corrected chi connectivity index (χ0v) is 12.0. The van der Waals surface area contributed by atoms with Gasteiger partial charge in [-0.3, -0.25) is 14.9 Å². The largest absolute Gasteiger partial charge is 0.478 e. The van der Waals surface area contributed by atoms with E-state index in [2.05, 4.69) is 5.32 Å². The fraction of sp³-hybridized carbons (Fsp3) is 0.385. The molecule has 1 aromatic carbocycles. The highest BCUT2D eigenvalue weighted by molar-refractivity contribution is 5.90. The second kappa shape index (κ2) is 5.78. The molecule has 0 radical (unpaired) electrons. The number of nitrogens with two attached hydrogens (primary N) is 1. The maximum absolute atomic E-state index is 11.1. The van der Waals surface area contributed by atoms with Crippen molar-refractivity contribution in [1.82, 2.24) is 0 Å². The van der Waals surface area contributed by atoms with Crippen LogP contribution in [0.4, 0.5) is 11.4 Å². The number of aromatic carboxylic acids is 1. The first kappa shape index (κ1) is 16.4. The molecule has 0 aliphatic heterocycles. The van der Waals surface area contributed by atoms with E-state index < -0.39 is 22.3 Å². The van der Waals surface area contributed by atoms with Crippen molar-refractivity contribution < 1.29 is 19.6 Å². The van der Waals surface area contributed by atoms with Gasteiger partial charge in [0.2, 0.25) is 5.91 Å². The number of amides is 1. The standard InChI is InChI=1S/C13H17N3O5/c1-7-9(15-13(2,3)6-11(14)17)4-8(12(18)19)5-10(7)16(20)21/h4-5,15H,6H2,1-3H3,(H2,14,17)(H,18,19). The lowest BCUT2D eigenvalue weighted by Gasteiger charge is -2.27. The molecule has 8 nitrogen and oxygen atoms in total. The molecule has 0 unspecified atom stereocenters. The van der Waals surface area contributed by atoms with Crippen molar-refractivity contribution in [3.05, 3.63) is 33.4 Å². The average molecular weight is 295 g/mol. The lowest BCUT2D eigenvalue weighted by atomic mass is 9.98. The fourth-order valence-electron chi connectivity index (χ4n) is 1.99. The van der Waals surface area contributed by atoms with Gasteiger partial charge in [0.1, 0.15) is 0 Å². The van der Waals surface area contributed by atoms with Crippen LogP contribution in [0.5, 0.6) is 0 Å². The van der Waals surface area contributed by atoms with Crippen LogP contribution < -0.4 is 11.1 Å². The first-order chi connectivity index (χ1) is 9.53. The molecule has 0 aromatic heterocycles. The van der Waals surface area contributed by atoms with Crippen LogP contribution in [0.2, 0.25) is 0 Å². The molecule has 0 aliphatic carbocycles. The third kappa shape index (κ3) is 4.16. The second-order valence-corrected chi connectivity index (χ2v) is 5.38. The topological polar surface area (TPSA) is 136 Å². The number of benzene rings is 1. The van der Waals surface area contributed by atoms with E-state index in [0.717, 1.165) is 6.07 Å². The number of nitro groups is 1. The molecule has 4 N–H and O–H groups in total. The van der Waals surface area contributed by atoms with Gasteiger partial charge in [0.05, 0.1) is 10.5 Å². The van der Waals surface area contributed by atoms with Crippen molar-refractivity contribution in [3.63, 3.8) is 0 Å². The number of carboxylic acid groups (broad SMARTS) is 1. The number of carbonyl (C=O) groups excluding carboxylic acids is 1. The number of nitrogens with one attached hydrogen (secondary N) is 1. The van der Waals surface area contributed by atoms with Gasteiger partial charge in [-0.05, 0) is 26.8 Å². The summed E-state index contributed by atoms with van der Waals surface area (Å²) in [6, 6.07) is 2.30. The molecular formula is C13H17N3O5. The summed E-state index contributed by atoms with van der Waals surface area (Å²) in [5.41, 5.74) is 4.46. The molecule has 1 aromatic rings. The predicted octanol–water partition coefficient (Wildman–Crippen LogP) is 1.67. The quantitative estimate of drug-likeness (QED) is 0.539. The Kier molecular flexibility index (Phi) is 4.52. The molecule has 0 saturated heterocycles. The van der Waals surface area contributed by atoms with Crippen molar-refractivity contribution >= 4 is 23.3 Å². The maximum Gasteiger partial charge on any atom is 0.336 e. The van der Waals surface area contributed by atoms with Crippen molar-refractivity contribution in [2.75, 3.05) is 5.32 Å². The summed E-state index contributed by atoms with van der Waals surface area (Å²) in [7, 11) is 0. The van der Waals surface area contributed by atoms with E-state index in [1.165, 1.54) is 13.0 Å². The Morgan fingerprint density at radius 3 is 2.43 bits per heavy atom. The molecule has 21 heavy (non-hydrogen) atoms. The predicted molar refractivity (Wildman–Crippen MR) is 76.3 cm³/mol. The van der Waals surface area contributed by atoms with E-state index in [1.54, 1.807) is 13.8 Å². The molecule has 1 amide bonds. The summed E-state index contributed by atoms with van der Waals surface area (Å²) < 4.78 is 0. The Bertz CT molecular complexity index is 610. The van der Waals surface area contributed by atoms with Gasteiger partial charge in [0, 0.05) is 29.3 Å². The SMILES string of the molecule is Cc1c(NC(C)(C)CC(N)=O)cc(C(=O)O)cc1[N+](=O)[O-]. The van der Waals surface area contributed by atoms with E-state index >= 15 is 0 Å². The van der Waals surface area contributed by atoms with Gasteiger partial charge < -0.3 is 16.2 Å². The molecule has 0 saturated carbocycles. The minimum atomic E-state index is -1.27. The summed E-state index contributed by atoms with van der Waals surface area (Å²) in [5.74, 6) is -1.80. The summed E-state index contributed by atoms with van der Waals surface area (Å²) >= 11 is 0. The molecule has 8 heteroatoms. The van der Waals surface area contributed by atoms with Crippen molar-refractivity contribution in [2.24, 2.45) is 5.73 Å². The molecule has 0 atom stereocenters. The number of anilines is 1. The molecule has 0 bridgehead atoms. The minimum absolute atomic E-state index is 0.00244. The smallest absolute Gasteiger partial charge is 0.336 e. The number of hydrogen-bond donors (Lipinski definition) is 3. The molecule has 0 fully saturated rings. The average Bonchev–Trinajstić information content (AvgIpc) is 2.28. The first-order valence-corrected chi connectivity index (χ1v) is 6.12. The summed E-state index contributed by atoms with van der Waals surface area (Å²) in [6.07, 6.45) is -0.00244. The van der Waals surface area contributed by atoms with Gasteiger partial charge in [0.25, 0.3) is 5.69 Å². The molecule has 1 rings (SSSR count). The second-order valence-electron chi connectivity index (χ2n) is 5.38. The summed E-state index contributed by atoms with van der Waals surface area (Å²) in [6.45, 7) is 4.89. The highest BCUT2D eigenvalue weighted by Gasteiger charge is 2.25. The van der Waals surface area contributed by atoms with Gasteiger partial charge in [-0.25, -0.2) is 4.79 Å². The van der Waals surface area contributed by atoms with Crippen LogP contribution in [0.3, 0.4) is 0 Å². The zero-order valence-electron chi connectivity index (χ0n) is 12.0. The van der Waals surface area contributed by atoms with Crippen LogP contribution in [0, 0.1) is 17.0 Å². The Morgan fingerprint density at radius 1 is 1.43 bits per heavy atom. The molecule has 114 valence electrons. The van der Waals surface area contributed by atoms with Crippen LogP contribution in [-0.2, 0) is 4.79 Å². The van der Waals surface area contributed by atoms with Crippen LogP contribution in [0.1, 0.15) is 36.2 Å². The number of hydrogen-bond acceptors (Lipinski definition) is 5. The van der Waals surface area contributed by atoms with Crippen molar-refractivity contribution in [3.8, 4) is 0 Å². The van der Waals surface area contributed by atoms with Gasteiger partial charge in [-0.2, -0.15) is 0 Å². The highest BCUT2D eigenvalue weighted by atomic mass is 16.6. The molecule has 0 aliphatic rings. The summed E-state index contributed by atoms with van der Waals surface area (Å²) in [4.78, 5) is 32.4. The molecule has 0 spiro atoms. The molecular weight excluding hydrogens is 278 g/mol. The third-order valence-corrected chi connectivity index (χ3v) is 2.91. The number of carboxylic acids is 1. The van der Waals surface area contributed by atoms with E-state index in [4.69, 9.17) is 10.8 Å². The van der Waals surface area contributed by atoms with E-state index in [1.807, 2.05) is 0 Å². The zero-order chi connectivity index (χ0) is 16.4. The van der Waals surface area contributed by atoms with Crippen LogP contribution in [0.15, 0.2) is 12.1 Å². The maximum atomic E-state index is 11.1. The third-order valence-electron chi connectivity index (χ3n) is 2.91. The number of carbonyl (C=O) groups is 2. The Labute approximate surface area is 121 Å². The Balaban J connectivity index is 3.31. The van der Waals surface area contributed by atoms with E-state index in [9.17, 15) is 19.7 Å². The fourth-order valence-corrected chi connectivity index (χ4v) is 1.99. The monoisotopic (exact) mass is 295 g/mol. The Hall–Kier alpha value is -2.64. The van der Waals surface area contributed by atoms with E-state index in [0.29, 0.717) is 5.56 Å². The molecule has 0 heterocycles. The lowest BCUT2D eigenvalue weighted by molar-refractivity contribution is -0.385.